The fourth-order valence-corrected chi connectivity index (χ4v) is 0.843. The molecule has 0 saturated heterocycles. The molecule has 0 amide bonds. The van der Waals surface area contributed by atoms with E-state index in [1.807, 2.05) is 12.1 Å². The molecule has 0 saturated carbocycles. The monoisotopic (exact) mass is 162 g/mol. The molecule has 1 N–H and O–H groups in total. The molecule has 9 heavy (non-hydrogen) atoms. The molecule has 47 valence electrons. The van der Waals surface area contributed by atoms with E-state index in [0.29, 0.717) is 0 Å². The van der Waals surface area contributed by atoms with Crippen LogP contribution in [0.1, 0.15) is 5.56 Å². The van der Waals surface area contributed by atoms with Crippen LogP contribution in [0.5, 0.6) is 5.75 Å². The molecule has 0 heterocycles. The van der Waals surface area contributed by atoms with Crippen molar-refractivity contribution in [1.82, 2.24) is 0 Å². The molecule has 0 aliphatic carbocycles. The third-order valence-corrected chi connectivity index (χ3v) is 1.39. The van der Waals surface area contributed by atoms with Gasteiger partial charge in [-0.25, -0.2) is 0 Å². The van der Waals surface area contributed by atoms with Crippen molar-refractivity contribution in [3.63, 3.8) is 0 Å². The first-order valence-corrected chi connectivity index (χ1v) is 3.18. The first kappa shape index (κ1) is 6.53. The van der Waals surface area contributed by atoms with Crippen molar-refractivity contribution in [2.45, 2.75) is 0 Å². The summed E-state index contributed by atoms with van der Waals surface area (Å²) < 4.78 is 0. The zero-order valence-electron chi connectivity index (χ0n) is 4.69. The van der Waals surface area contributed by atoms with Gasteiger partial charge in [0.2, 0.25) is 0 Å². The van der Waals surface area contributed by atoms with Gasteiger partial charge in [-0.1, -0.05) is 0 Å². The van der Waals surface area contributed by atoms with Crippen LogP contribution in [0.2, 0.25) is 0 Å². The molecule has 0 aromatic heterocycles. The summed E-state index contributed by atoms with van der Waals surface area (Å²) in [5.74, 6) is 0.285. The van der Waals surface area contributed by atoms with E-state index in [2.05, 4.69) is 15.6 Å². The zero-order chi connectivity index (χ0) is 6.69. The van der Waals surface area contributed by atoms with Crippen molar-refractivity contribution in [3.05, 3.63) is 29.8 Å². The molecule has 0 unspecified atom stereocenters. The molecule has 0 atom stereocenters. The maximum absolute atomic E-state index is 9.04. The van der Waals surface area contributed by atoms with Crippen molar-refractivity contribution in [1.29, 1.82) is 0 Å². The molecular weight excluding hydrogens is 156 g/mol. The Morgan fingerprint density at radius 3 is 2.44 bits per heavy atom. The molecule has 0 aliphatic rings. The number of benzene rings is 1. The molecule has 1 aromatic rings. The van der Waals surface area contributed by atoms with Crippen LogP contribution < -0.4 is 0 Å². The first-order valence-electron chi connectivity index (χ1n) is 2.54. The average Bonchev–Trinajstić information content (AvgIpc) is 1.89. The van der Waals surface area contributed by atoms with Gasteiger partial charge in [0.05, 0.1) is 0 Å². The maximum atomic E-state index is 9.04. The van der Waals surface area contributed by atoms with E-state index in [-0.39, 0.29) is 5.75 Å². The summed E-state index contributed by atoms with van der Waals surface area (Å²) in [6.45, 7) is 0. The summed E-state index contributed by atoms with van der Waals surface area (Å²) in [6.07, 6.45) is 0. The second kappa shape index (κ2) is 2.81. The predicted octanol–water partition coefficient (Wildman–Crippen LogP) is 1.09. The second-order valence-corrected chi connectivity index (χ2v) is 1.98. The summed E-state index contributed by atoms with van der Waals surface area (Å²) in [5, 5.41) is 9.04. The minimum absolute atomic E-state index is 0.285. The van der Waals surface area contributed by atoms with Crippen LogP contribution in [0.4, 0.5) is 0 Å². The van der Waals surface area contributed by atoms with E-state index >= 15 is 0 Å². The van der Waals surface area contributed by atoms with Crippen LogP contribution in [-0.4, -0.2) is 10.0 Å². The van der Waals surface area contributed by atoms with Crippen molar-refractivity contribution in [2.24, 2.45) is 0 Å². The van der Waals surface area contributed by atoms with Crippen LogP contribution in [0.25, 0.3) is 0 Å². The van der Waals surface area contributed by atoms with E-state index in [9.17, 15) is 0 Å². The summed E-state index contributed by atoms with van der Waals surface area (Å²) in [6, 6.07) is 7.08. The van der Waals surface area contributed by atoms with Gasteiger partial charge in [-0.2, -0.15) is 0 Å². The normalized spacial score (nSPS) is 8.89. The molecule has 0 fully saturated rings. The Bertz CT molecular complexity index is 220. The van der Waals surface area contributed by atoms with Crippen molar-refractivity contribution in [3.8, 4) is 5.75 Å². The van der Waals surface area contributed by atoms with Crippen LogP contribution in [0.15, 0.2) is 24.3 Å². The third kappa shape index (κ3) is 1.41. The molecule has 1 nitrogen and oxygen atoms in total. The van der Waals surface area contributed by atoms with Crippen LogP contribution in [0.3, 0.4) is 0 Å². The standard InChI is InChI=1S/C7H6O.Fe/c1-6-4-2-3-5-7(6)8;/h1-5,8H;/q;+1. The van der Waals surface area contributed by atoms with Gasteiger partial charge in [0, 0.05) is 0 Å². The Labute approximate surface area is 61.7 Å². The summed E-state index contributed by atoms with van der Waals surface area (Å²) in [5.41, 5.74) is 0.775. The van der Waals surface area contributed by atoms with Crippen molar-refractivity contribution in [2.75, 3.05) is 0 Å². The van der Waals surface area contributed by atoms with E-state index in [4.69, 9.17) is 5.11 Å². The van der Waals surface area contributed by atoms with Gasteiger partial charge in [0.15, 0.2) is 0 Å². The SMILES string of the molecule is Oc1ccccc1[CH]=[Fe+]. The van der Waals surface area contributed by atoms with Gasteiger partial charge in [-0.3, -0.25) is 0 Å². The molecule has 2 heteroatoms. The number of aromatic hydroxyl groups is 1. The Hall–Kier alpha value is -0.591. The quantitative estimate of drug-likeness (QED) is 0.612. The van der Waals surface area contributed by atoms with Crippen molar-refractivity contribution < 1.29 is 20.7 Å². The number of hydrogen-bond acceptors (Lipinski definition) is 1. The van der Waals surface area contributed by atoms with Gasteiger partial charge in [0.25, 0.3) is 0 Å². The number of para-hydroxylation sites is 1. The molecule has 0 aliphatic heterocycles. The first-order chi connectivity index (χ1) is 4.34. The van der Waals surface area contributed by atoms with Gasteiger partial charge >= 0.3 is 61.2 Å². The number of hydrogen-bond donors (Lipinski definition) is 1. The number of phenols is 1. The van der Waals surface area contributed by atoms with E-state index in [1.54, 1.807) is 17.1 Å². The van der Waals surface area contributed by atoms with E-state index in [1.165, 1.54) is 0 Å². The Balaban J connectivity index is 3.15. The molecule has 1 aromatic carbocycles. The fourth-order valence-electron chi connectivity index (χ4n) is 0.574. The summed E-state index contributed by atoms with van der Waals surface area (Å²) >= 11 is 3.53. The molecule has 0 spiro atoms. The minimum atomic E-state index is 0.285. The summed E-state index contributed by atoms with van der Waals surface area (Å²) in [4.78, 5) is 1.62. The second-order valence-electron chi connectivity index (χ2n) is 1.66. The predicted molar refractivity (Wildman–Crippen MR) is 33.3 cm³/mol. The topological polar surface area (TPSA) is 20.2 Å². The van der Waals surface area contributed by atoms with Gasteiger partial charge in [-0.05, 0) is 0 Å². The van der Waals surface area contributed by atoms with Crippen molar-refractivity contribution >= 4 is 4.92 Å². The van der Waals surface area contributed by atoms with Crippen LogP contribution >= 0.6 is 0 Å². The Morgan fingerprint density at radius 1 is 1.33 bits per heavy atom. The fraction of sp³-hybridized carbons (Fsp3) is 0. The molecule has 0 bridgehead atoms. The number of rotatable bonds is 1. The molecule has 1 rings (SSSR count). The summed E-state index contributed by atoms with van der Waals surface area (Å²) in [7, 11) is 0. The van der Waals surface area contributed by atoms with Gasteiger partial charge in [0.1, 0.15) is 0 Å². The van der Waals surface area contributed by atoms with Crippen LogP contribution in [0, 0.1) is 0 Å². The Morgan fingerprint density at radius 2 is 2.00 bits per heavy atom. The molecular formula is C7H6FeO+. The Kier molecular flexibility index (Phi) is 2.04. The molecule has 0 radical (unpaired) electrons. The van der Waals surface area contributed by atoms with Gasteiger partial charge in [-0.15, -0.1) is 0 Å². The van der Waals surface area contributed by atoms with Crippen LogP contribution in [-0.2, 0) is 15.6 Å². The van der Waals surface area contributed by atoms with Gasteiger partial charge < -0.3 is 0 Å². The average molecular weight is 162 g/mol. The third-order valence-electron chi connectivity index (χ3n) is 1.05. The number of phenolic OH excluding ortho intramolecular Hbond substituents is 1. The van der Waals surface area contributed by atoms with E-state index in [0.717, 1.165) is 5.56 Å². The zero-order valence-corrected chi connectivity index (χ0v) is 5.79. The van der Waals surface area contributed by atoms with E-state index < -0.39 is 0 Å².